The number of ether oxygens (including phenoxy) is 2. The fourth-order valence-electron chi connectivity index (χ4n) is 2.38. The highest BCUT2D eigenvalue weighted by Crippen LogP contribution is 2.18. The van der Waals surface area contributed by atoms with E-state index >= 15 is 0 Å². The van der Waals surface area contributed by atoms with Gasteiger partial charge in [0.1, 0.15) is 5.60 Å². The lowest BCUT2D eigenvalue weighted by Gasteiger charge is -2.20. The molecule has 94 valence electrons. The molecule has 4 nitrogen and oxygen atoms in total. The first-order chi connectivity index (χ1) is 7.79. The van der Waals surface area contributed by atoms with E-state index in [9.17, 15) is 5.11 Å². The smallest absolute Gasteiger partial charge is 0.102 e. The monoisotopic (exact) mass is 229 g/mol. The predicted molar refractivity (Wildman–Crippen MR) is 61.5 cm³/mol. The van der Waals surface area contributed by atoms with Crippen LogP contribution in [0.3, 0.4) is 0 Å². The van der Waals surface area contributed by atoms with E-state index in [1.165, 1.54) is 12.8 Å². The van der Waals surface area contributed by atoms with Gasteiger partial charge in [0.2, 0.25) is 0 Å². The summed E-state index contributed by atoms with van der Waals surface area (Å²) in [5.41, 5.74) is -0.621. The molecule has 0 aromatic heterocycles. The van der Waals surface area contributed by atoms with E-state index in [2.05, 4.69) is 5.32 Å². The van der Waals surface area contributed by atoms with E-state index in [0.717, 1.165) is 32.4 Å². The van der Waals surface area contributed by atoms with Gasteiger partial charge in [-0.3, -0.25) is 0 Å². The van der Waals surface area contributed by atoms with E-state index in [0.29, 0.717) is 25.9 Å². The zero-order chi connectivity index (χ0) is 11.3. The minimum absolute atomic E-state index is 0.478. The van der Waals surface area contributed by atoms with Crippen molar-refractivity contribution in [1.82, 2.24) is 5.32 Å². The third kappa shape index (κ3) is 3.70. The van der Waals surface area contributed by atoms with Crippen molar-refractivity contribution in [3.63, 3.8) is 0 Å². The Balaban J connectivity index is 1.48. The molecule has 2 aliphatic rings. The highest BCUT2D eigenvalue weighted by atomic mass is 16.5. The fraction of sp³-hybridized carbons (Fsp3) is 1.00. The molecule has 2 unspecified atom stereocenters. The summed E-state index contributed by atoms with van der Waals surface area (Å²) in [6.45, 7) is 3.72. The second kappa shape index (κ2) is 5.96. The molecule has 2 atom stereocenters. The summed E-state index contributed by atoms with van der Waals surface area (Å²) in [6, 6.07) is 0. The molecule has 2 saturated heterocycles. The molecular formula is C12H23NO3. The van der Waals surface area contributed by atoms with Crippen LogP contribution in [0.4, 0.5) is 0 Å². The van der Waals surface area contributed by atoms with E-state index in [1.54, 1.807) is 0 Å². The van der Waals surface area contributed by atoms with Gasteiger partial charge in [-0.05, 0) is 32.2 Å². The van der Waals surface area contributed by atoms with Crippen LogP contribution >= 0.6 is 0 Å². The summed E-state index contributed by atoms with van der Waals surface area (Å²) in [5, 5.41) is 13.3. The summed E-state index contributed by atoms with van der Waals surface area (Å²) in [4.78, 5) is 0. The molecule has 2 aliphatic heterocycles. The van der Waals surface area contributed by atoms with Crippen molar-refractivity contribution in [3.05, 3.63) is 0 Å². The Morgan fingerprint density at radius 2 is 2.31 bits per heavy atom. The molecule has 0 aliphatic carbocycles. The van der Waals surface area contributed by atoms with Crippen molar-refractivity contribution in [1.29, 1.82) is 0 Å². The lowest BCUT2D eigenvalue weighted by atomic mass is 10.0. The van der Waals surface area contributed by atoms with Crippen molar-refractivity contribution in [2.75, 3.05) is 32.9 Å². The molecule has 0 radical (unpaired) electrons. The Kier molecular flexibility index (Phi) is 4.58. The standard InChI is InChI=1S/C12H23NO3/c14-12(5-8-15-10-12)9-13-6-1-3-11-4-2-7-16-11/h11,13-14H,1-10H2. The molecule has 2 rings (SSSR count). The van der Waals surface area contributed by atoms with Gasteiger partial charge in [0.15, 0.2) is 0 Å². The van der Waals surface area contributed by atoms with Crippen LogP contribution in [0.2, 0.25) is 0 Å². The number of nitrogens with one attached hydrogen (secondary N) is 1. The van der Waals surface area contributed by atoms with Crippen molar-refractivity contribution < 1.29 is 14.6 Å². The molecule has 2 fully saturated rings. The molecule has 16 heavy (non-hydrogen) atoms. The third-order valence-corrected chi connectivity index (χ3v) is 3.44. The first-order valence-corrected chi connectivity index (χ1v) is 6.41. The molecule has 0 aromatic rings. The van der Waals surface area contributed by atoms with Gasteiger partial charge >= 0.3 is 0 Å². The summed E-state index contributed by atoms with van der Waals surface area (Å²) < 4.78 is 10.7. The Hall–Kier alpha value is -0.160. The number of hydrogen-bond acceptors (Lipinski definition) is 4. The highest BCUT2D eigenvalue weighted by Gasteiger charge is 2.31. The predicted octanol–water partition coefficient (Wildman–Crippen LogP) is 0.687. The second-order valence-corrected chi connectivity index (χ2v) is 4.98. The van der Waals surface area contributed by atoms with Gasteiger partial charge in [-0.25, -0.2) is 0 Å². The topological polar surface area (TPSA) is 50.7 Å². The Morgan fingerprint density at radius 3 is 3.00 bits per heavy atom. The van der Waals surface area contributed by atoms with E-state index in [4.69, 9.17) is 9.47 Å². The maximum atomic E-state index is 9.99. The van der Waals surface area contributed by atoms with Crippen LogP contribution in [0, 0.1) is 0 Å². The van der Waals surface area contributed by atoms with Crippen molar-refractivity contribution in [2.45, 2.75) is 43.8 Å². The number of aliphatic hydroxyl groups is 1. The van der Waals surface area contributed by atoms with Gasteiger partial charge in [0.25, 0.3) is 0 Å². The fourth-order valence-corrected chi connectivity index (χ4v) is 2.38. The Bertz CT molecular complexity index is 198. The summed E-state index contributed by atoms with van der Waals surface area (Å²) in [5.74, 6) is 0. The SMILES string of the molecule is OC1(CNCCCC2CCCO2)CCOC1. The van der Waals surface area contributed by atoms with E-state index < -0.39 is 5.60 Å². The minimum atomic E-state index is -0.621. The largest absolute Gasteiger partial charge is 0.386 e. The van der Waals surface area contributed by atoms with Crippen LogP contribution in [0.15, 0.2) is 0 Å². The summed E-state index contributed by atoms with van der Waals surface area (Å²) >= 11 is 0. The molecule has 0 saturated carbocycles. The molecule has 0 amide bonds. The second-order valence-electron chi connectivity index (χ2n) is 4.98. The van der Waals surface area contributed by atoms with E-state index in [-0.39, 0.29) is 0 Å². The minimum Gasteiger partial charge on any atom is -0.386 e. The molecule has 0 aromatic carbocycles. The average molecular weight is 229 g/mol. The van der Waals surface area contributed by atoms with Gasteiger partial charge in [-0.1, -0.05) is 0 Å². The van der Waals surface area contributed by atoms with Gasteiger partial charge < -0.3 is 19.9 Å². The van der Waals surface area contributed by atoms with Crippen molar-refractivity contribution in [3.8, 4) is 0 Å². The van der Waals surface area contributed by atoms with E-state index in [1.807, 2.05) is 0 Å². The van der Waals surface area contributed by atoms with Crippen LogP contribution in [-0.4, -0.2) is 49.7 Å². The zero-order valence-corrected chi connectivity index (χ0v) is 9.91. The Morgan fingerprint density at radius 1 is 1.38 bits per heavy atom. The van der Waals surface area contributed by atoms with Crippen LogP contribution in [-0.2, 0) is 9.47 Å². The van der Waals surface area contributed by atoms with Gasteiger partial charge in [0.05, 0.1) is 12.7 Å². The quantitative estimate of drug-likeness (QED) is 0.658. The van der Waals surface area contributed by atoms with Crippen LogP contribution in [0.1, 0.15) is 32.1 Å². The molecule has 2 heterocycles. The maximum absolute atomic E-state index is 9.99. The maximum Gasteiger partial charge on any atom is 0.102 e. The van der Waals surface area contributed by atoms with Crippen molar-refractivity contribution in [2.24, 2.45) is 0 Å². The summed E-state index contributed by atoms with van der Waals surface area (Å²) in [6.07, 6.45) is 5.95. The highest BCUT2D eigenvalue weighted by molar-refractivity contribution is 4.84. The average Bonchev–Trinajstić information content (AvgIpc) is 2.89. The van der Waals surface area contributed by atoms with Crippen LogP contribution < -0.4 is 5.32 Å². The first-order valence-electron chi connectivity index (χ1n) is 6.41. The summed E-state index contributed by atoms with van der Waals surface area (Å²) in [7, 11) is 0. The molecular weight excluding hydrogens is 206 g/mol. The molecule has 0 spiro atoms. The number of rotatable bonds is 6. The van der Waals surface area contributed by atoms with Gasteiger partial charge in [0, 0.05) is 26.2 Å². The Labute approximate surface area is 97.3 Å². The van der Waals surface area contributed by atoms with Gasteiger partial charge in [-0.2, -0.15) is 0 Å². The number of hydrogen-bond donors (Lipinski definition) is 2. The zero-order valence-electron chi connectivity index (χ0n) is 9.91. The van der Waals surface area contributed by atoms with Gasteiger partial charge in [-0.15, -0.1) is 0 Å². The normalized spacial score (nSPS) is 34.7. The molecule has 0 bridgehead atoms. The van der Waals surface area contributed by atoms with Crippen LogP contribution in [0.5, 0.6) is 0 Å². The molecule has 4 heteroatoms. The van der Waals surface area contributed by atoms with Crippen LogP contribution in [0.25, 0.3) is 0 Å². The first kappa shape index (κ1) is 12.3. The third-order valence-electron chi connectivity index (χ3n) is 3.44. The lowest BCUT2D eigenvalue weighted by Crippen LogP contribution is -2.41. The molecule has 2 N–H and O–H groups in total. The lowest BCUT2D eigenvalue weighted by molar-refractivity contribution is 0.0269. The van der Waals surface area contributed by atoms with Crippen molar-refractivity contribution >= 4 is 0 Å².